The molecule has 7 heteroatoms. The van der Waals surface area contributed by atoms with Crippen LogP contribution >= 0.6 is 34.8 Å². The molecule has 2 rings (SSSR count). The fraction of sp³-hybridized carbons (Fsp3) is 0.0526. The average molecular weight is 408 g/mol. The Morgan fingerprint density at radius 2 is 1.88 bits per heavy atom. The van der Waals surface area contributed by atoms with Crippen molar-refractivity contribution in [3.63, 3.8) is 0 Å². The van der Waals surface area contributed by atoms with Gasteiger partial charge in [0.25, 0.3) is 5.91 Å². The first-order valence-electron chi connectivity index (χ1n) is 7.36. The van der Waals surface area contributed by atoms with Gasteiger partial charge in [-0.2, -0.15) is 5.26 Å². The lowest BCUT2D eigenvalue weighted by atomic mass is 10.1. The Kier molecular flexibility index (Phi) is 7.11. The quantitative estimate of drug-likeness (QED) is 0.376. The van der Waals surface area contributed by atoms with Gasteiger partial charge in [0.15, 0.2) is 0 Å². The average Bonchev–Trinajstić information content (AvgIpc) is 2.60. The van der Waals surface area contributed by atoms with Crippen molar-refractivity contribution in [2.45, 2.75) is 0 Å². The van der Waals surface area contributed by atoms with Crippen molar-refractivity contribution in [2.75, 3.05) is 11.9 Å². The molecule has 0 aliphatic carbocycles. The Bertz CT molecular complexity index is 900. The molecule has 0 heterocycles. The highest BCUT2D eigenvalue weighted by Crippen LogP contribution is 2.34. The molecule has 0 aliphatic heterocycles. The number of carbonyl (C=O) groups is 1. The largest absolute Gasteiger partial charge is 0.487 e. The molecule has 26 heavy (non-hydrogen) atoms. The van der Waals surface area contributed by atoms with Crippen molar-refractivity contribution in [3.05, 3.63) is 75.3 Å². The molecule has 0 saturated carbocycles. The molecular formula is C19H13Cl3N2O2. The van der Waals surface area contributed by atoms with Crippen LogP contribution in [0.1, 0.15) is 5.56 Å². The van der Waals surface area contributed by atoms with Crippen LogP contribution in [0.2, 0.25) is 15.1 Å². The van der Waals surface area contributed by atoms with E-state index in [2.05, 4.69) is 11.9 Å². The van der Waals surface area contributed by atoms with Gasteiger partial charge in [-0.25, -0.2) is 0 Å². The van der Waals surface area contributed by atoms with Gasteiger partial charge in [0.1, 0.15) is 24.0 Å². The molecule has 0 saturated heterocycles. The summed E-state index contributed by atoms with van der Waals surface area (Å²) in [6.07, 6.45) is 2.91. The summed E-state index contributed by atoms with van der Waals surface area (Å²) < 4.78 is 5.52. The number of anilines is 1. The van der Waals surface area contributed by atoms with E-state index >= 15 is 0 Å². The summed E-state index contributed by atoms with van der Waals surface area (Å²) >= 11 is 18.0. The highest BCUT2D eigenvalue weighted by molar-refractivity contribution is 6.36. The molecule has 2 aromatic carbocycles. The fourth-order valence-electron chi connectivity index (χ4n) is 2.02. The van der Waals surface area contributed by atoms with Gasteiger partial charge < -0.3 is 10.1 Å². The molecule has 1 N–H and O–H groups in total. The van der Waals surface area contributed by atoms with Crippen LogP contribution in [0.3, 0.4) is 0 Å². The standard InChI is InChI=1S/C19H13Cl3N2O2/c1-2-7-26-18-12(9-15(21)10-17(18)22)8-13(11-23)19(25)24-16-5-3-14(20)4-6-16/h2-6,8-10H,1,7H2,(H,24,25)/b13-8+. The molecule has 0 radical (unpaired) electrons. The van der Waals surface area contributed by atoms with Gasteiger partial charge in [-0.15, -0.1) is 0 Å². The second kappa shape index (κ2) is 9.30. The minimum atomic E-state index is -0.583. The van der Waals surface area contributed by atoms with Gasteiger partial charge in [0.05, 0.1) is 5.02 Å². The number of nitriles is 1. The number of carbonyl (C=O) groups excluding carboxylic acids is 1. The van der Waals surface area contributed by atoms with E-state index in [0.29, 0.717) is 27.0 Å². The topological polar surface area (TPSA) is 62.1 Å². The van der Waals surface area contributed by atoms with Gasteiger partial charge in [-0.1, -0.05) is 47.5 Å². The highest BCUT2D eigenvalue weighted by Gasteiger charge is 2.14. The third-order valence-corrected chi connectivity index (χ3v) is 3.90. The zero-order valence-corrected chi connectivity index (χ0v) is 15.7. The number of nitrogens with one attached hydrogen (secondary N) is 1. The van der Waals surface area contributed by atoms with Gasteiger partial charge in [0, 0.05) is 21.3 Å². The molecule has 0 unspecified atom stereocenters. The first-order valence-corrected chi connectivity index (χ1v) is 8.49. The third-order valence-electron chi connectivity index (χ3n) is 3.15. The summed E-state index contributed by atoms with van der Waals surface area (Å²) in [7, 11) is 0. The van der Waals surface area contributed by atoms with Crippen LogP contribution in [0, 0.1) is 11.3 Å². The summed E-state index contributed by atoms with van der Waals surface area (Å²) in [6, 6.07) is 11.5. The molecule has 0 atom stereocenters. The SMILES string of the molecule is C=CCOc1c(Cl)cc(Cl)cc1/C=C(\C#N)C(=O)Nc1ccc(Cl)cc1. The maximum atomic E-state index is 12.4. The molecule has 0 spiro atoms. The van der Waals surface area contributed by atoms with Crippen molar-refractivity contribution in [3.8, 4) is 11.8 Å². The predicted octanol–water partition coefficient (Wildman–Crippen LogP) is 5.76. The molecule has 0 bridgehead atoms. The van der Waals surface area contributed by atoms with Crippen molar-refractivity contribution >= 4 is 52.5 Å². The van der Waals surface area contributed by atoms with Crippen LogP contribution in [-0.4, -0.2) is 12.5 Å². The number of amides is 1. The van der Waals surface area contributed by atoms with E-state index in [1.807, 2.05) is 6.07 Å². The minimum Gasteiger partial charge on any atom is -0.487 e. The summed E-state index contributed by atoms with van der Waals surface area (Å²) in [5.41, 5.74) is 0.779. The molecule has 2 aromatic rings. The third kappa shape index (κ3) is 5.27. The monoisotopic (exact) mass is 406 g/mol. The minimum absolute atomic E-state index is 0.137. The van der Waals surface area contributed by atoms with E-state index in [-0.39, 0.29) is 17.2 Å². The van der Waals surface area contributed by atoms with Crippen LogP contribution in [0.5, 0.6) is 5.75 Å². The second-order valence-electron chi connectivity index (χ2n) is 5.04. The summed E-state index contributed by atoms with van der Waals surface area (Å²) in [6.45, 7) is 3.78. The summed E-state index contributed by atoms with van der Waals surface area (Å²) in [4.78, 5) is 12.4. The second-order valence-corrected chi connectivity index (χ2v) is 6.32. The van der Waals surface area contributed by atoms with Crippen molar-refractivity contribution in [2.24, 2.45) is 0 Å². The molecule has 0 aromatic heterocycles. The van der Waals surface area contributed by atoms with E-state index in [0.717, 1.165) is 0 Å². The van der Waals surface area contributed by atoms with Crippen molar-refractivity contribution in [1.29, 1.82) is 5.26 Å². The zero-order chi connectivity index (χ0) is 19.1. The molecule has 1 amide bonds. The predicted molar refractivity (Wildman–Crippen MR) is 106 cm³/mol. The van der Waals surface area contributed by atoms with Crippen LogP contribution in [0.4, 0.5) is 5.69 Å². The first kappa shape index (κ1) is 19.9. The highest BCUT2D eigenvalue weighted by atomic mass is 35.5. The molecular weight excluding hydrogens is 395 g/mol. The van der Waals surface area contributed by atoms with E-state index in [1.54, 1.807) is 36.4 Å². The van der Waals surface area contributed by atoms with Crippen LogP contribution in [0.15, 0.2) is 54.6 Å². The maximum Gasteiger partial charge on any atom is 0.266 e. The number of nitrogens with zero attached hydrogens (tertiary/aromatic N) is 1. The number of hydrogen-bond donors (Lipinski definition) is 1. The lowest BCUT2D eigenvalue weighted by Crippen LogP contribution is -2.13. The zero-order valence-electron chi connectivity index (χ0n) is 13.4. The maximum absolute atomic E-state index is 12.4. The Morgan fingerprint density at radius 3 is 2.50 bits per heavy atom. The Morgan fingerprint density at radius 1 is 1.19 bits per heavy atom. The van der Waals surface area contributed by atoms with Crippen LogP contribution in [0.25, 0.3) is 6.08 Å². The number of halogens is 3. The van der Waals surface area contributed by atoms with E-state index in [9.17, 15) is 10.1 Å². The molecule has 0 fully saturated rings. The normalized spacial score (nSPS) is 10.8. The van der Waals surface area contributed by atoms with Crippen molar-refractivity contribution < 1.29 is 9.53 Å². The van der Waals surface area contributed by atoms with Gasteiger partial charge >= 0.3 is 0 Å². The van der Waals surface area contributed by atoms with E-state index in [4.69, 9.17) is 39.5 Å². The van der Waals surface area contributed by atoms with Gasteiger partial charge in [0.2, 0.25) is 0 Å². The molecule has 0 aliphatic rings. The first-order chi connectivity index (χ1) is 12.4. The number of hydrogen-bond acceptors (Lipinski definition) is 3. The van der Waals surface area contributed by atoms with Crippen LogP contribution < -0.4 is 10.1 Å². The Hall–Kier alpha value is -2.45. The van der Waals surface area contributed by atoms with Gasteiger partial charge in [-0.3, -0.25) is 4.79 Å². The molecule has 132 valence electrons. The lowest BCUT2D eigenvalue weighted by Gasteiger charge is -2.11. The van der Waals surface area contributed by atoms with E-state index < -0.39 is 5.91 Å². The van der Waals surface area contributed by atoms with Crippen LogP contribution in [-0.2, 0) is 4.79 Å². The number of ether oxygens (including phenoxy) is 1. The Balaban J connectivity index is 2.35. The van der Waals surface area contributed by atoms with E-state index in [1.165, 1.54) is 12.1 Å². The number of rotatable bonds is 6. The number of benzene rings is 2. The lowest BCUT2D eigenvalue weighted by molar-refractivity contribution is -0.112. The fourth-order valence-corrected chi connectivity index (χ4v) is 2.71. The molecule has 4 nitrogen and oxygen atoms in total. The van der Waals surface area contributed by atoms with Crippen molar-refractivity contribution in [1.82, 2.24) is 0 Å². The summed E-state index contributed by atoms with van der Waals surface area (Å²) in [5.74, 6) is -0.274. The summed E-state index contributed by atoms with van der Waals surface area (Å²) in [5, 5.41) is 13.1. The van der Waals surface area contributed by atoms with Gasteiger partial charge in [-0.05, 0) is 42.5 Å². The Labute approximate surface area is 166 Å². The smallest absolute Gasteiger partial charge is 0.266 e.